The number of hydrogen-bond donors (Lipinski definition) is 2. The molecule has 4 nitrogen and oxygen atoms in total. The molecule has 2 aliphatic heterocycles. The van der Waals surface area contributed by atoms with Gasteiger partial charge in [-0.2, -0.15) is 0 Å². The Bertz CT molecular complexity index is 1000. The Labute approximate surface area is 154 Å². The van der Waals surface area contributed by atoms with Gasteiger partial charge in [-0.3, -0.25) is 4.90 Å². The minimum Gasteiger partial charge on any atom is -0.504 e. The van der Waals surface area contributed by atoms with E-state index in [1.807, 2.05) is 6.07 Å². The van der Waals surface area contributed by atoms with Crippen molar-refractivity contribution in [3.63, 3.8) is 0 Å². The molecule has 2 aromatic rings. The molecule has 3 heterocycles. The van der Waals surface area contributed by atoms with Gasteiger partial charge in [-0.15, -0.1) is 0 Å². The number of aromatic nitrogens is 1. The van der Waals surface area contributed by atoms with E-state index in [-0.39, 0.29) is 5.75 Å². The lowest BCUT2D eigenvalue weighted by Gasteiger charge is -2.40. The van der Waals surface area contributed by atoms with E-state index in [1.54, 1.807) is 13.2 Å². The summed E-state index contributed by atoms with van der Waals surface area (Å²) in [6.07, 6.45) is 6.21. The maximum Gasteiger partial charge on any atom is 0.165 e. The number of allylic oxidation sites excluding steroid dienone is 2. The summed E-state index contributed by atoms with van der Waals surface area (Å²) in [5, 5.41) is 12.4. The zero-order chi connectivity index (χ0) is 18.4. The fourth-order valence-corrected chi connectivity index (χ4v) is 4.30. The maximum absolute atomic E-state index is 10.1. The van der Waals surface area contributed by atoms with Gasteiger partial charge in [0.15, 0.2) is 11.5 Å². The van der Waals surface area contributed by atoms with Crippen LogP contribution in [0.1, 0.15) is 42.3 Å². The SMILES string of the molecule is C=c1c2c([nH]/c1=C/C(C)=C\C)[C@@H]1Cc3ccc(O)c(OC)c3CN1CC2. The fraction of sp³-hybridized carbons (Fsp3) is 0.364. The summed E-state index contributed by atoms with van der Waals surface area (Å²) in [7, 11) is 1.63. The predicted molar refractivity (Wildman–Crippen MR) is 105 cm³/mol. The molecule has 0 saturated carbocycles. The van der Waals surface area contributed by atoms with Gasteiger partial charge in [0.2, 0.25) is 0 Å². The zero-order valence-electron chi connectivity index (χ0n) is 15.7. The van der Waals surface area contributed by atoms with Gasteiger partial charge >= 0.3 is 0 Å². The van der Waals surface area contributed by atoms with E-state index in [1.165, 1.54) is 22.4 Å². The van der Waals surface area contributed by atoms with Crippen molar-refractivity contribution in [2.45, 2.75) is 39.3 Å². The van der Waals surface area contributed by atoms with Crippen LogP contribution in [-0.2, 0) is 19.4 Å². The van der Waals surface area contributed by atoms with Crippen LogP contribution in [0.15, 0.2) is 23.8 Å². The van der Waals surface area contributed by atoms with Gasteiger partial charge in [-0.05, 0) is 55.2 Å². The van der Waals surface area contributed by atoms with Crippen molar-refractivity contribution >= 4 is 12.7 Å². The van der Waals surface area contributed by atoms with Crippen LogP contribution in [0.3, 0.4) is 0 Å². The zero-order valence-corrected chi connectivity index (χ0v) is 15.7. The molecule has 2 aliphatic rings. The largest absolute Gasteiger partial charge is 0.504 e. The van der Waals surface area contributed by atoms with Crippen molar-refractivity contribution in [1.82, 2.24) is 9.88 Å². The molecular formula is C22H26N2O2. The first-order valence-corrected chi connectivity index (χ1v) is 9.19. The fourth-order valence-electron chi connectivity index (χ4n) is 4.30. The van der Waals surface area contributed by atoms with Gasteiger partial charge in [-0.25, -0.2) is 0 Å². The quantitative estimate of drug-likeness (QED) is 0.875. The molecule has 1 aromatic heterocycles. The Kier molecular flexibility index (Phi) is 4.16. The van der Waals surface area contributed by atoms with Crippen molar-refractivity contribution in [2.75, 3.05) is 13.7 Å². The summed E-state index contributed by atoms with van der Waals surface area (Å²) in [6, 6.07) is 4.10. The number of aromatic amines is 1. The summed E-state index contributed by atoms with van der Waals surface area (Å²) in [4.78, 5) is 6.14. The highest BCUT2D eigenvalue weighted by molar-refractivity contribution is 5.52. The molecule has 0 unspecified atom stereocenters. The Balaban J connectivity index is 1.80. The molecule has 4 heteroatoms. The number of phenols is 1. The van der Waals surface area contributed by atoms with Crippen molar-refractivity contribution < 1.29 is 9.84 Å². The second-order valence-corrected chi connectivity index (χ2v) is 7.28. The van der Waals surface area contributed by atoms with Gasteiger partial charge in [0.1, 0.15) is 0 Å². The molecule has 0 bridgehead atoms. The van der Waals surface area contributed by atoms with Crippen LogP contribution in [-0.4, -0.2) is 28.6 Å². The average molecular weight is 350 g/mol. The molecule has 0 aliphatic carbocycles. The first kappa shape index (κ1) is 17.0. The van der Waals surface area contributed by atoms with Crippen LogP contribution in [0, 0.1) is 0 Å². The predicted octanol–water partition coefficient (Wildman–Crippen LogP) is 2.54. The van der Waals surface area contributed by atoms with Crippen LogP contribution in [0.5, 0.6) is 11.5 Å². The molecule has 0 saturated heterocycles. The van der Waals surface area contributed by atoms with Crippen molar-refractivity contribution in [3.05, 3.63) is 56.7 Å². The summed E-state index contributed by atoms with van der Waals surface area (Å²) >= 11 is 0. The van der Waals surface area contributed by atoms with Crippen LogP contribution in [0.2, 0.25) is 0 Å². The number of methoxy groups -OCH3 is 1. The Hall–Kier alpha value is -2.46. The minimum atomic E-state index is 0.223. The van der Waals surface area contributed by atoms with Crippen molar-refractivity contribution in [2.24, 2.45) is 0 Å². The van der Waals surface area contributed by atoms with Crippen molar-refractivity contribution in [1.29, 1.82) is 0 Å². The number of aromatic hydroxyl groups is 1. The number of benzene rings is 1. The number of nitrogens with one attached hydrogen (secondary N) is 1. The maximum atomic E-state index is 10.1. The van der Waals surface area contributed by atoms with Crippen molar-refractivity contribution in [3.8, 4) is 11.5 Å². The van der Waals surface area contributed by atoms with E-state index < -0.39 is 0 Å². The molecule has 0 spiro atoms. The van der Waals surface area contributed by atoms with E-state index in [9.17, 15) is 5.11 Å². The monoisotopic (exact) mass is 350 g/mol. The highest BCUT2D eigenvalue weighted by Crippen LogP contribution is 2.42. The van der Waals surface area contributed by atoms with Crippen LogP contribution in [0.4, 0.5) is 0 Å². The van der Waals surface area contributed by atoms with Crippen LogP contribution < -0.4 is 15.3 Å². The molecule has 2 N–H and O–H groups in total. The average Bonchev–Trinajstić information content (AvgIpc) is 2.96. The number of phenolic OH excluding ortho intramolecular Hbond substituents is 1. The number of ether oxygens (including phenoxy) is 1. The van der Waals surface area contributed by atoms with E-state index in [4.69, 9.17) is 4.74 Å². The number of hydrogen-bond acceptors (Lipinski definition) is 3. The first-order valence-electron chi connectivity index (χ1n) is 9.19. The molecule has 1 atom stereocenters. The second kappa shape index (κ2) is 6.36. The van der Waals surface area contributed by atoms with E-state index in [0.29, 0.717) is 11.8 Å². The molecule has 26 heavy (non-hydrogen) atoms. The lowest BCUT2D eigenvalue weighted by atomic mass is 9.87. The second-order valence-electron chi connectivity index (χ2n) is 7.28. The number of fused-ring (bicyclic) bond motifs is 4. The Morgan fingerprint density at radius 1 is 1.38 bits per heavy atom. The molecule has 136 valence electrons. The van der Waals surface area contributed by atoms with Gasteiger partial charge < -0.3 is 14.8 Å². The molecule has 0 radical (unpaired) electrons. The van der Waals surface area contributed by atoms with E-state index >= 15 is 0 Å². The highest BCUT2D eigenvalue weighted by atomic mass is 16.5. The number of nitrogens with zero attached hydrogens (tertiary/aromatic N) is 1. The lowest BCUT2D eigenvalue weighted by molar-refractivity contribution is 0.154. The summed E-state index contributed by atoms with van der Waals surface area (Å²) in [6.45, 7) is 10.3. The third kappa shape index (κ3) is 2.56. The van der Waals surface area contributed by atoms with Gasteiger partial charge in [0.25, 0.3) is 0 Å². The standard InChI is InChI=1S/C22H26N2O2/c1-5-13(2)10-18-14(3)16-8-9-24-12-17-15(11-19(24)21(16)23-18)6-7-20(25)22(17)26-4/h5-7,10,19,23,25H,3,8-9,11-12H2,1-2,4H3/b13-5-,18-10+/t19-/m0/s1. The highest BCUT2D eigenvalue weighted by Gasteiger charge is 2.35. The lowest BCUT2D eigenvalue weighted by Crippen LogP contribution is -2.40. The molecule has 4 rings (SSSR count). The number of H-pyrrole nitrogens is 1. The first-order chi connectivity index (χ1) is 12.5. The van der Waals surface area contributed by atoms with Gasteiger partial charge in [0, 0.05) is 29.7 Å². The smallest absolute Gasteiger partial charge is 0.165 e. The minimum absolute atomic E-state index is 0.223. The normalized spacial score (nSPS) is 20.5. The third-order valence-corrected chi connectivity index (χ3v) is 5.85. The van der Waals surface area contributed by atoms with Crippen LogP contribution in [0.25, 0.3) is 12.7 Å². The Morgan fingerprint density at radius 2 is 2.19 bits per heavy atom. The van der Waals surface area contributed by atoms with E-state index in [0.717, 1.165) is 42.1 Å². The molecule has 0 fully saturated rings. The summed E-state index contributed by atoms with van der Waals surface area (Å²) in [5.41, 5.74) is 6.28. The van der Waals surface area contributed by atoms with Crippen LogP contribution >= 0.6 is 0 Å². The molecular weight excluding hydrogens is 324 g/mol. The molecule has 0 amide bonds. The topological polar surface area (TPSA) is 48.5 Å². The van der Waals surface area contributed by atoms with Gasteiger partial charge in [0.05, 0.1) is 13.2 Å². The molecule has 1 aromatic carbocycles. The number of rotatable bonds is 2. The van der Waals surface area contributed by atoms with Gasteiger partial charge in [-0.1, -0.05) is 24.3 Å². The van der Waals surface area contributed by atoms with E-state index in [2.05, 4.69) is 42.5 Å². The summed E-state index contributed by atoms with van der Waals surface area (Å²) in [5.74, 6) is 0.842. The summed E-state index contributed by atoms with van der Waals surface area (Å²) < 4.78 is 5.47. The third-order valence-electron chi connectivity index (χ3n) is 5.85. The Morgan fingerprint density at radius 3 is 2.92 bits per heavy atom.